The number of rotatable bonds is 8. The van der Waals surface area contributed by atoms with E-state index in [0.717, 1.165) is 42.6 Å². The molecule has 1 aromatic carbocycles. The van der Waals surface area contributed by atoms with Crippen molar-refractivity contribution in [2.45, 2.75) is 45.1 Å². The molecule has 0 radical (unpaired) electrons. The van der Waals surface area contributed by atoms with Crippen LogP contribution in [0.4, 0.5) is 4.39 Å². The van der Waals surface area contributed by atoms with Crippen LogP contribution in [0.2, 0.25) is 0 Å². The number of aromatic nitrogens is 2. The van der Waals surface area contributed by atoms with Gasteiger partial charge in [0.2, 0.25) is 5.91 Å². The van der Waals surface area contributed by atoms with Gasteiger partial charge in [-0.25, -0.2) is 4.39 Å². The molecule has 0 aliphatic carbocycles. The molecule has 136 valence electrons. The number of aryl methyl sites for hydroxylation is 1. The van der Waals surface area contributed by atoms with Crippen molar-refractivity contribution >= 4 is 5.91 Å². The van der Waals surface area contributed by atoms with Crippen LogP contribution in [0.5, 0.6) is 0 Å². The Balaban J connectivity index is 1.72. The van der Waals surface area contributed by atoms with E-state index in [9.17, 15) is 9.18 Å². The number of H-pyrrole nitrogens is 1. The van der Waals surface area contributed by atoms with E-state index in [4.69, 9.17) is 5.73 Å². The van der Waals surface area contributed by atoms with E-state index in [1.54, 1.807) is 37.9 Å². The molecule has 0 aliphatic rings. The molecule has 0 unspecified atom stereocenters. The molecule has 0 spiro atoms. The lowest BCUT2D eigenvalue weighted by atomic mass is 10.1. The molecule has 6 heteroatoms. The third kappa shape index (κ3) is 5.67. The van der Waals surface area contributed by atoms with Crippen molar-refractivity contribution in [3.63, 3.8) is 0 Å². The summed E-state index contributed by atoms with van der Waals surface area (Å²) < 4.78 is 13.0. The van der Waals surface area contributed by atoms with Crippen molar-refractivity contribution in [2.24, 2.45) is 5.73 Å². The van der Waals surface area contributed by atoms with Crippen LogP contribution in [0.1, 0.15) is 38.8 Å². The highest BCUT2D eigenvalue weighted by Gasteiger charge is 2.24. The highest BCUT2D eigenvalue weighted by molar-refractivity contribution is 5.84. The van der Waals surface area contributed by atoms with Gasteiger partial charge in [0.1, 0.15) is 5.82 Å². The number of nitrogens with zero attached hydrogens (tertiary/aromatic N) is 2. The standard InChI is InChI=1S/C19H27FN4O/c1-19(2,21)18(25)24(3)12-6-4-5-7-16-13-17(23-22-16)14-8-10-15(20)11-9-14/h8-11,13H,4-7,12,21H2,1-3H3,(H,22,23). The second-order valence-electron chi connectivity index (χ2n) is 7.04. The van der Waals surface area contributed by atoms with E-state index in [-0.39, 0.29) is 11.7 Å². The number of halogens is 1. The summed E-state index contributed by atoms with van der Waals surface area (Å²) in [5, 5.41) is 7.31. The third-order valence-corrected chi connectivity index (χ3v) is 4.11. The van der Waals surface area contributed by atoms with E-state index in [1.807, 2.05) is 6.07 Å². The Labute approximate surface area is 148 Å². The number of carbonyl (C=O) groups is 1. The lowest BCUT2D eigenvalue weighted by Gasteiger charge is -2.25. The fourth-order valence-electron chi connectivity index (χ4n) is 2.69. The number of hydrogen-bond acceptors (Lipinski definition) is 3. The summed E-state index contributed by atoms with van der Waals surface area (Å²) in [5.74, 6) is -0.286. The average Bonchev–Trinajstić information content (AvgIpc) is 3.02. The van der Waals surface area contributed by atoms with Crippen molar-refractivity contribution in [3.05, 3.63) is 41.8 Å². The van der Waals surface area contributed by atoms with Crippen LogP contribution in [-0.2, 0) is 11.2 Å². The SMILES string of the molecule is CN(CCCCCc1cc(-c2ccc(F)cc2)n[nH]1)C(=O)C(C)(C)N. The summed E-state index contributed by atoms with van der Waals surface area (Å²) in [6.45, 7) is 4.16. The highest BCUT2D eigenvalue weighted by atomic mass is 19.1. The summed E-state index contributed by atoms with van der Waals surface area (Å²) in [6.07, 6.45) is 3.87. The van der Waals surface area contributed by atoms with E-state index in [0.29, 0.717) is 6.54 Å². The third-order valence-electron chi connectivity index (χ3n) is 4.11. The van der Waals surface area contributed by atoms with E-state index >= 15 is 0 Å². The number of nitrogens with one attached hydrogen (secondary N) is 1. The summed E-state index contributed by atoms with van der Waals surface area (Å²) >= 11 is 0. The Morgan fingerprint density at radius 1 is 1.24 bits per heavy atom. The molecule has 0 fully saturated rings. The number of amides is 1. The summed E-state index contributed by atoms with van der Waals surface area (Å²) in [7, 11) is 1.79. The van der Waals surface area contributed by atoms with Crippen LogP contribution >= 0.6 is 0 Å². The molecule has 0 saturated carbocycles. The van der Waals surface area contributed by atoms with Crippen LogP contribution in [0.15, 0.2) is 30.3 Å². The maximum atomic E-state index is 13.0. The molecule has 0 atom stereocenters. The van der Waals surface area contributed by atoms with Crippen molar-refractivity contribution in [1.29, 1.82) is 0 Å². The molecular weight excluding hydrogens is 319 g/mol. The molecular formula is C19H27FN4O. The Bertz CT molecular complexity index is 688. The van der Waals surface area contributed by atoms with Gasteiger partial charge in [0.25, 0.3) is 0 Å². The van der Waals surface area contributed by atoms with E-state index in [2.05, 4.69) is 10.2 Å². The fourth-order valence-corrected chi connectivity index (χ4v) is 2.69. The maximum Gasteiger partial charge on any atom is 0.241 e. The van der Waals surface area contributed by atoms with Gasteiger partial charge in [0, 0.05) is 24.8 Å². The Hall–Kier alpha value is -2.21. The molecule has 2 aromatic rings. The van der Waals surface area contributed by atoms with Crippen molar-refractivity contribution in [2.75, 3.05) is 13.6 Å². The lowest BCUT2D eigenvalue weighted by Crippen LogP contribution is -2.49. The topological polar surface area (TPSA) is 75.0 Å². The van der Waals surface area contributed by atoms with Gasteiger partial charge < -0.3 is 10.6 Å². The first-order valence-electron chi connectivity index (χ1n) is 8.62. The average molecular weight is 346 g/mol. The molecule has 3 N–H and O–H groups in total. The number of likely N-dealkylation sites (N-methyl/N-ethyl adjacent to an activating group) is 1. The van der Waals surface area contributed by atoms with Crippen LogP contribution < -0.4 is 5.73 Å². The molecule has 2 rings (SSSR count). The summed E-state index contributed by atoms with van der Waals surface area (Å²) in [6, 6.07) is 8.32. The van der Waals surface area contributed by atoms with Crippen LogP contribution in [0.25, 0.3) is 11.3 Å². The second-order valence-corrected chi connectivity index (χ2v) is 7.04. The zero-order chi connectivity index (χ0) is 18.4. The maximum absolute atomic E-state index is 13.0. The van der Waals surface area contributed by atoms with Crippen LogP contribution in [-0.4, -0.2) is 40.1 Å². The Morgan fingerprint density at radius 2 is 1.92 bits per heavy atom. The van der Waals surface area contributed by atoms with E-state index < -0.39 is 5.54 Å². The highest BCUT2D eigenvalue weighted by Crippen LogP contribution is 2.19. The number of aromatic amines is 1. The Kier molecular flexibility index (Phi) is 6.31. The molecule has 1 amide bonds. The van der Waals surface area contributed by atoms with Crippen molar-refractivity contribution < 1.29 is 9.18 Å². The monoisotopic (exact) mass is 346 g/mol. The number of benzene rings is 1. The smallest absolute Gasteiger partial charge is 0.241 e. The van der Waals surface area contributed by atoms with Gasteiger partial charge in [-0.3, -0.25) is 9.89 Å². The summed E-state index contributed by atoms with van der Waals surface area (Å²) in [4.78, 5) is 13.7. The lowest BCUT2D eigenvalue weighted by molar-refractivity contribution is -0.134. The van der Waals surface area contributed by atoms with Gasteiger partial charge in [0.05, 0.1) is 11.2 Å². The normalized spacial score (nSPS) is 11.6. The van der Waals surface area contributed by atoms with Gasteiger partial charge in [-0.15, -0.1) is 0 Å². The first-order valence-corrected chi connectivity index (χ1v) is 8.62. The largest absolute Gasteiger partial charge is 0.344 e. The van der Waals surface area contributed by atoms with Gasteiger partial charge in [-0.2, -0.15) is 5.10 Å². The first-order chi connectivity index (χ1) is 11.8. The molecule has 1 aromatic heterocycles. The minimum Gasteiger partial charge on any atom is -0.344 e. The van der Waals surface area contributed by atoms with Crippen molar-refractivity contribution in [1.82, 2.24) is 15.1 Å². The number of nitrogens with two attached hydrogens (primary N) is 1. The van der Waals surface area contributed by atoms with Gasteiger partial charge in [-0.1, -0.05) is 6.42 Å². The molecule has 5 nitrogen and oxygen atoms in total. The zero-order valence-electron chi connectivity index (χ0n) is 15.2. The first kappa shape index (κ1) is 19.1. The van der Waals surface area contributed by atoms with Crippen LogP contribution in [0.3, 0.4) is 0 Å². The quantitative estimate of drug-likeness (QED) is 0.721. The van der Waals surface area contributed by atoms with Gasteiger partial charge in [0.15, 0.2) is 0 Å². The molecule has 1 heterocycles. The minimum atomic E-state index is -0.818. The fraction of sp³-hybridized carbons (Fsp3) is 0.474. The summed E-state index contributed by atoms with van der Waals surface area (Å²) in [5.41, 5.74) is 7.79. The minimum absolute atomic E-state index is 0.0370. The molecule has 0 saturated heterocycles. The predicted molar refractivity (Wildman–Crippen MR) is 97.4 cm³/mol. The molecule has 0 bridgehead atoms. The van der Waals surface area contributed by atoms with Gasteiger partial charge >= 0.3 is 0 Å². The van der Waals surface area contributed by atoms with Crippen LogP contribution in [0, 0.1) is 5.82 Å². The molecule has 0 aliphatic heterocycles. The van der Waals surface area contributed by atoms with Gasteiger partial charge in [-0.05, 0) is 63.4 Å². The number of carbonyl (C=O) groups excluding carboxylic acids is 1. The zero-order valence-corrected chi connectivity index (χ0v) is 15.2. The predicted octanol–water partition coefficient (Wildman–Crippen LogP) is 3.12. The molecule has 25 heavy (non-hydrogen) atoms. The second kappa shape index (κ2) is 8.25. The number of hydrogen-bond donors (Lipinski definition) is 2. The Morgan fingerprint density at radius 3 is 2.56 bits per heavy atom. The number of unbranched alkanes of at least 4 members (excludes halogenated alkanes) is 2. The van der Waals surface area contributed by atoms with E-state index in [1.165, 1.54) is 12.1 Å². The van der Waals surface area contributed by atoms with Crippen molar-refractivity contribution in [3.8, 4) is 11.3 Å².